The first-order chi connectivity index (χ1) is 10.1. The lowest BCUT2D eigenvalue weighted by Crippen LogP contribution is -2.31. The van der Waals surface area contributed by atoms with Gasteiger partial charge in [-0.2, -0.15) is 0 Å². The van der Waals surface area contributed by atoms with E-state index < -0.39 is 0 Å². The average molecular weight is 284 g/mol. The Kier molecular flexibility index (Phi) is 4.82. The van der Waals surface area contributed by atoms with Crippen LogP contribution >= 0.6 is 0 Å². The van der Waals surface area contributed by atoms with Gasteiger partial charge >= 0.3 is 6.03 Å². The Morgan fingerprint density at radius 3 is 2.52 bits per heavy atom. The molecule has 1 unspecified atom stereocenters. The van der Waals surface area contributed by atoms with Gasteiger partial charge in [0.1, 0.15) is 5.75 Å². The molecule has 0 bridgehead atoms. The lowest BCUT2D eigenvalue weighted by molar-refractivity contribution is 0.249. The van der Waals surface area contributed by atoms with Crippen LogP contribution in [0.2, 0.25) is 0 Å². The molecule has 0 saturated heterocycles. The normalized spacial score (nSPS) is 11.6. The standard InChI is InChI=1S/C17H20N2O2/c1-12-9-10-16(21-3)15(11-12)13(2)18-17(20)19-14-7-5-4-6-8-14/h4-11,13H,1-3H3,(H2,18,19,20). The highest BCUT2D eigenvalue weighted by molar-refractivity contribution is 5.89. The third kappa shape index (κ3) is 3.99. The molecule has 21 heavy (non-hydrogen) atoms. The number of aryl methyl sites for hydroxylation is 1. The van der Waals surface area contributed by atoms with Gasteiger partial charge in [0.25, 0.3) is 0 Å². The molecule has 2 amide bonds. The summed E-state index contributed by atoms with van der Waals surface area (Å²) in [4.78, 5) is 12.0. The Balaban J connectivity index is 2.05. The fourth-order valence-electron chi connectivity index (χ4n) is 2.16. The molecule has 2 N–H and O–H groups in total. The molecular weight excluding hydrogens is 264 g/mol. The van der Waals surface area contributed by atoms with Gasteiger partial charge in [-0.15, -0.1) is 0 Å². The molecule has 0 fully saturated rings. The van der Waals surface area contributed by atoms with Gasteiger partial charge in [-0.1, -0.05) is 35.9 Å². The van der Waals surface area contributed by atoms with Gasteiger partial charge < -0.3 is 15.4 Å². The molecule has 2 aromatic carbocycles. The van der Waals surface area contributed by atoms with Crippen molar-refractivity contribution < 1.29 is 9.53 Å². The number of carbonyl (C=O) groups excluding carboxylic acids is 1. The minimum Gasteiger partial charge on any atom is -0.496 e. The third-order valence-electron chi connectivity index (χ3n) is 3.23. The van der Waals surface area contributed by atoms with Crippen molar-refractivity contribution in [1.82, 2.24) is 5.32 Å². The second-order valence-electron chi connectivity index (χ2n) is 4.93. The predicted octanol–water partition coefficient (Wildman–Crippen LogP) is 3.89. The van der Waals surface area contributed by atoms with E-state index in [1.165, 1.54) is 0 Å². The minimum absolute atomic E-state index is 0.149. The van der Waals surface area contributed by atoms with E-state index in [0.717, 1.165) is 22.6 Å². The zero-order chi connectivity index (χ0) is 15.2. The number of rotatable bonds is 4. The van der Waals surface area contributed by atoms with Crippen LogP contribution in [0.4, 0.5) is 10.5 Å². The zero-order valence-corrected chi connectivity index (χ0v) is 12.5. The topological polar surface area (TPSA) is 50.4 Å². The van der Waals surface area contributed by atoms with Crippen LogP contribution in [0.25, 0.3) is 0 Å². The Bertz CT molecular complexity index is 611. The summed E-state index contributed by atoms with van der Waals surface area (Å²) in [6.45, 7) is 3.95. The van der Waals surface area contributed by atoms with Crippen molar-refractivity contribution in [1.29, 1.82) is 0 Å². The Morgan fingerprint density at radius 2 is 1.86 bits per heavy atom. The number of methoxy groups -OCH3 is 1. The number of urea groups is 1. The predicted molar refractivity (Wildman–Crippen MR) is 84.7 cm³/mol. The van der Waals surface area contributed by atoms with E-state index in [2.05, 4.69) is 10.6 Å². The molecule has 0 saturated carbocycles. The van der Waals surface area contributed by atoms with E-state index in [1.807, 2.05) is 62.4 Å². The van der Waals surface area contributed by atoms with E-state index in [0.29, 0.717) is 0 Å². The van der Waals surface area contributed by atoms with E-state index in [4.69, 9.17) is 4.74 Å². The first-order valence-electron chi connectivity index (χ1n) is 6.87. The van der Waals surface area contributed by atoms with Gasteiger partial charge in [0.2, 0.25) is 0 Å². The first kappa shape index (κ1) is 14.9. The molecule has 0 aliphatic carbocycles. The van der Waals surface area contributed by atoms with Crippen LogP contribution in [0.3, 0.4) is 0 Å². The van der Waals surface area contributed by atoms with Gasteiger partial charge in [-0.3, -0.25) is 0 Å². The van der Waals surface area contributed by atoms with Crippen LogP contribution in [0.5, 0.6) is 5.75 Å². The highest BCUT2D eigenvalue weighted by atomic mass is 16.5. The van der Waals surface area contributed by atoms with E-state index in [9.17, 15) is 4.79 Å². The van der Waals surface area contributed by atoms with Crippen molar-refractivity contribution in [3.63, 3.8) is 0 Å². The maximum absolute atomic E-state index is 12.0. The van der Waals surface area contributed by atoms with Crippen molar-refractivity contribution in [3.8, 4) is 5.75 Å². The van der Waals surface area contributed by atoms with Crippen LogP contribution in [-0.4, -0.2) is 13.1 Å². The molecule has 1 atom stereocenters. The summed E-state index contributed by atoms with van der Waals surface area (Å²) >= 11 is 0. The molecule has 2 aromatic rings. The van der Waals surface area contributed by atoms with Gasteiger partial charge in [0, 0.05) is 11.3 Å². The highest BCUT2D eigenvalue weighted by Crippen LogP contribution is 2.26. The van der Waals surface area contributed by atoms with Crippen LogP contribution in [0.1, 0.15) is 24.1 Å². The molecule has 0 radical (unpaired) electrons. The summed E-state index contributed by atoms with van der Waals surface area (Å²) in [6.07, 6.45) is 0. The fraction of sp³-hybridized carbons (Fsp3) is 0.235. The van der Waals surface area contributed by atoms with Crippen LogP contribution in [0, 0.1) is 6.92 Å². The maximum atomic E-state index is 12.0. The summed E-state index contributed by atoms with van der Waals surface area (Å²) in [5.41, 5.74) is 2.85. The monoisotopic (exact) mass is 284 g/mol. The molecule has 0 aliphatic rings. The van der Waals surface area contributed by atoms with Gasteiger partial charge in [0.05, 0.1) is 13.2 Å². The SMILES string of the molecule is COc1ccc(C)cc1C(C)NC(=O)Nc1ccccc1. The molecule has 2 rings (SSSR count). The van der Waals surface area contributed by atoms with E-state index in [1.54, 1.807) is 7.11 Å². The maximum Gasteiger partial charge on any atom is 0.319 e. The summed E-state index contributed by atoms with van der Waals surface area (Å²) in [5.74, 6) is 0.771. The van der Waals surface area contributed by atoms with E-state index in [-0.39, 0.29) is 12.1 Å². The Labute approximate surface area is 125 Å². The number of hydrogen-bond donors (Lipinski definition) is 2. The number of hydrogen-bond acceptors (Lipinski definition) is 2. The lowest BCUT2D eigenvalue weighted by Gasteiger charge is -2.18. The number of benzene rings is 2. The molecule has 0 spiro atoms. The molecule has 0 heterocycles. The Morgan fingerprint density at radius 1 is 1.14 bits per heavy atom. The number of carbonyl (C=O) groups is 1. The smallest absolute Gasteiger partial charge is 0.319 e. The largest absolute Gasteiger partial charge is 0.496 e. The number of anilines is 1. The molecule has 4 nitrogen and oxygen atoms in total. The second-order valence-corrected chi connectivity index (χ2v) is 4.93. The molecule has 0 aliphatic heterocycles. The molecular formula is C17H20N2O2. The Hall–Kier alpha value is -2.49. The molecule has 0 aromatic heterocycles. The third-order valence-corrected chi connectivity index (χ3v) is 3.23. The van der Waals surface area contributed by atoms with Crippen LogP contribution in [-0.2, 0) is 0 Å². The van der Waals surface area contributed by atoms with Crippen molar-refractivity contribution in [3.05, 3.63) is 59.7 Å². The average Bonchev–Trinajstić information content (AvgIpc) is 2.48. The van der Waals surface area contributed by atoms with E-state index >= 15 is 0 Å². The minimum atomic E-state index is -0.239. The van der Waals surface area contributed by atoms with Crippen molar-refractivity contribution >= 4 is 11.7 Å². The van der Waals surface area contributed by atoms with Crippen molar-refractivity contribution in [2.24, 2.45) is 0 Å². The number of nitrogens with one attached hydrogen (secondary N) is 2. The number of ether oxygens (including phenoxy) is 1. The summed E-state index contributed by atoms with van der Waals surface area (Å²) < 4.78 is 5.35. The van der Waals surface area contributed by atoms with Gasteiger partial charge in [0.15, 0.2) is 0 Å². The summed E-state index contributed by atoms with van der Waals surface area (Å²) in [7, 11) is 1.63. The highest BCUT2D eigenvalue weighted by Gasteiger charge is 2.14. The summed E-state index contributed by atoms with van der Waals surface area (Å²) in [5, 5.41) is 5.72. The lowest BCUT2D eigenvalue weighted by atomic mass is 10.0. The van der Waals surface area contributed by atoms with Crippen LogP contribution in [0.15, 0.2) is 48.5 Å². The quantitative estimate of drug-likeness (QED) is 0.895. The van der Waals surface area contributed by atoms with Gasteiger partial charge in [-0.05, 0) is 32.0 Å². The van der Waals surface area contributed by atoms with Crippen molar-refractivity contribution in [2.75, 3.05) is 12.4 Å². The molecule has 4 heteroatoms. The van der Waals surface area contributed by atoms with Crippen LogP contribution < -0.4 is 15.4 Å². The zero-order valence-electron chi connectivity index (χ0n) is 12.5. The summed E-state index contributed by atoms with van der Waals surface area (Å²) in [6, 6.07) is 14.9. The second kappa shape index (κ2) is 6.79. The number of amides is 2. The van der Waals surface area contributed by atoms with Crippen molar-refractivity contribution in [2.45, 2.75) is 19.9 Å². The van der Waals surface area contributed by atoms with Gasteiger partial charge in [-0.25, -0.2) is 4.79 Å². The number of para-hydroxylation sites is 1. The first-order valence-corrected chi connectivity index (χ1v) is 6.87. The fourth-order valence-corrected chi connectivity index (χ4v) is 2.16. The molecule has 110 valence electrons.